The van der Waals surface area contributed by atoms with Crippen LogP contribution in [-0.4, -0.2) is 22.7 Å². The molecule has 0 saturated heterocycles. The van der Waals surface area contributed by atoms with Crippen LogP contribution in [0.3, 0.4) is 0 Å². The molecule has 0 spiro atoms. The monoisotopic (exact) mass is 251 g/mol. The van der Waals surface area contributed by atoms with Crippen LogP contribution in [0.5, 0.6) is 0 Å². The minimum absolute atomic E-state index is 0.0236. The van der Waals surface area contributed by atoms with E-state index in [4.69, 9.17) is 5.73 Å². The maximum absolute atomic E-state index is 10.7. The zero-order valence-corrected chi connectivity index (χ0v) is 10.0. The van der Waals surface area contributed by atoms with Crippen LogP contribution in [-0.2, 0) is 0 Å². The highest BCUT2D eigenvalue weighted by Gasteiger charge is 2.24. The molecule has 0 radical (unpaired) electrons. The first kappa shape index (κ1) is 12.6. The molecular formula is C12H17N3O3. The summed E-state index contributed by atoms with van der Waals surface area (Å²) in [5.41, 5.74) is 6.58. The zero-order valence-electron chi connectivity index (χ0n) is 10.0. The zero-order chi connectivity index (χ0) is 13.1. The smallest absolute Gasteiger partial charge is 0.273 e. The Hall–Kier alpha value is -1.82. The summed E-state index contributed by atoms with van der Waals surface area (Å²) in [5.74, 6) is 0.213. The Morgan fingerprint density at radius 1 is 1.44 bits per heavy atom. The summed E-state index contributed by atoms with van der Waals surface area (Å²) in [7, 11) is 0. The van der Waals surface area contributed by atoms with Crippen LogP contribution in [0.4, 0.5) is 17.1 Å². The van der Waals surface area contributed by atoms with Gasteiger partial charge in [-0.25, -0.2) is 0 Å². The summed E-state index contributed by atoms with van der Waals surface area (Å²) in [6.07, 6.45) is 2.58. The lowest BCUT2D eigenvalue weighted by molar-refractivity contribution is -0.384. The van der Waals surface area contributed by atoms with E-state index >= 15 is 0 Å². The van der Waals surface area contributed by atoms with Crippen LogP contribution in [0.2, 0.25) is 0 Å². The largest absolute Gasteiger partial charge is 0.398 e. The van der Waals surface area contributed by atoms with Crippen molar-refractivity contribution in [2.45, 2.75) is 25.4 Å². The van der Waals surface area contributed by atoms with Gasteiger partial charge in [0.2, 0.25) is 0 Å². The lowest BCUT2D eigenvalue weighted by atomic mass is 10.1. The van der Waals surface area contributed by atoms with E-state index in [1.54, 1.807) is 6.07 Å². The van der Waals surface area contributed by atoms with Crippen molar-refractivity contribution in [2.24, 2.45) is 5.92 Å². The summed E-state index contributed by atoms with van der Waals surface area (Å²) in [4.78, 5) is 10.2. The molecule has 6 nitrogen and oxygen atoms in total. The molecule has 1 fully saturated rings. The fraction of sp³-hybridized carbons (Fsp3) is 0.500. The van der Waals surface area contributed by atoms with Gasteiger partial charge in [0.15, 0.2) is 0 Å². The number of nitrogen functional groups attached to an aromatic ring is 1. The summed E-state index contributed by atoms with van der Waals surface area (Å²) >= 11 is 0. The molecule has 6 heteroatoms. The van der Waals surface area contributed by atoms with E-state index in [0.29, 0.717) is 17.9 Å². The molecule has 4 N–H and O–H groups in total. The SMILES string of the molecule is Nc1cc(NCC2CCCC2O)cc([N+](=O)[O-])c1. The van der Waals surface area contributed by atoms with Crippen LogP contribution >= 0.6 is 0 Å². The average Bonchev–Trinajstić information content (AvgIpc) is 2.71. The van der Waals surface area contributed by atoms with E-state index in [1.807, 2.05) is 0 Å². The summed E-state index contributed by atoms with van der Waals surface area (Å²) in [6.45, 7) is 0.613. The number of nitrogens with one attached hydrogen (secondary N) is 1. The van der Waals surface area contributed by atoms with Crippen LogP contribution < -0.4 is 11.1 Å². The Kier molecular flexibility index (Phi) is 3.66. The van der Waals surface area contributed by atoms with Gasteiger partial charge < -0.3 is 16.2 Å². The number of hydrogen-bond acceptors (Lipinski definition) is 5. The maximum Gasteiger partial charge on any atom is 0.273 e. The minimum Gasteiger partial charge on any atom is -0.398 e. The van der Waals surface area contributed by atoms with E-state index in [-0.39, 0.29) is 17.7 Å². The van der Waals surface area contributed by atoms with Gasteiger partial charge in [-0.15, -0.1) is 0 Å². The van der Waals surface area contributed by atoms with E-state index in [2.05, 4.69) is 5.32 Å². The number of nitrogens with zero attached hydrogens (tertiary/aromatic N) is 1. The fourth-order valence-corrected chi connectivity index (χ4v) is 2.35. The van der Waals surface area contributed by atoms with Crippen molar-refractivity contribution in [1.29, 1.82) is 0 Å². The van der Waals surface area contributed by atoms with Gasteiger partial charge in [0, 0.05) is 36.0 Å². The number of hydrogen-bond donors (Lipinski definition) is 3. The number of nitro groups is 1. The van der Waals surface area contributed by atoms with Crippen LogP contribution in [0.1, 0.15) is 19.3 Å². The Morgan fingerprint density at radius 2 is 2.22 bits per heavy atom. The molecular weight excluding hydrogens is 234 g/mol. The topological polar surface area (TPSA) is 101 Å². The second kappa shape index (κ2) is 5.22. The third-order valence-electron chi connectivity index (χ3n) is 3.34. The molecule has 0 bridgehead atoms. The molecule has 0 aromatic heterocycles. The first-order chi connectivity index (χ1) is 8.56. The molecule has 0 aliphatic heterocycles. The van der Waals surface area contributed by atoms with Crippen molar-refractivity contribution in [2.75, 3.05) is 17.6 Å². The molecule has 1 aromatic rings. The molecule has 2 unspecified atom stereocenters. The Balaban J connectivity index is 2.02. The first-order valence-corrected chi connectivity index (χ1v) is 6.03. The standard InChI is InChI=1S/C12H17N3O3/c13-9-4-10(6-11(5-9)15(17)18)14-7-8-2-1-3-12(8)16/h4-6,8,12,14,16H,1-3,7,13H2. The predicted molar refractivity (Wildman–Crippen MR) is 69.3 cm³/mol. The Bertz CT molecular complexity index is 450. The lowest BCUT2D eigenvalue weighted by Crippen LogP contribution is -2.21. The van der Waals surface area contributed by atoms with Crippen LogP contribution in [0, 0.1) is 16.0 Å². The number of benzene rings is 1. The Morgan fingerprint density at radius 3 is 2.83 bits per heavy atom. The van der Waals surface area contributed by atoms with Crippen molar-refractivity contribution in [1.82, 2.24) is 0 Å². The van der Waals surface area contributed by atoms with Crippen molar-refractivity contribution in [3.8, 4) is 0 Å². The van der Waals surface area contributed by atoms with Gasteiger partial charge in [-0.2, -0.15) is 0 Å². The van der Waals surface area contributed by atoms with E-state index in [0.717, 1.165) is 19.3 Å². The summed E-state index contributed by atoms with van der Waals surface area (Å²) in [5, 5.41) is 23.5. The number of aliphatic hydroxyl groups is 1. The molecule has 2 rings (SSSR count). The Labute approximate surface area is 105 Å². The van der Waals surface area contributed by atoms with Gasteiger partial charge in [0.25, 0.3) is 5.69 Å². The molecule has 0 amide bonds. The molecule has 1 aliphatic carbocycles. The quantitative estimate of drug-likeness (QED) is 0.430. The number of nitrogens with two attached hydrogens (primary N) is 1. The van der Waals surface area contributed by atoms with Gasteiger partial charge in [0.1, 0.15) is 0 Å². The second-order valence-corrected chi connectivity index (χ2v) is 4.71. The fourth-order valence-electron chi connectivity index (χ4n) is 2.35. The van der Waals surface area contributed by atoms with Crippen molar-refractivity contribution < 1.29 is 10.0 Å². The summed E-state index contributed by atoms with van der Waals surface area (Å²) in [6, 6.07) is 4.45. The van der Waals surface area contributed by atoms with Gasteiger partial charge in [-0.1, -0.05) is 6.42 Å². The van der Waals surface area contributed by atoms with Crippen molar-refractivity contribution in [3.63, 3.8) is 0 Å². The van der Waals surface area contributed by atoms with E-state index < -0.39 is 4.92 Å². The first-order valence-electron chi connectivity index (χ1n) is 6.03. The number of rotatable bonds is 4. The maximum atomic E-state index is 10.7. The highest BCUT2D eigenvalue weighted by atomic mass is 16.6. The van der Waals surface area contributed by atoms with E-state index in [9.17, 15) is 15.2 Å². The van der Waals surface area contributed by atoms with Crippen LogP contribution in [0.15, 0.2) is 18.2 Å². The second-order valence-electron chi connectivity index (χ2n) is 4.71. The minimum atomic E-state index is -0.466. The highest BCUT2D eigenvalue weighted by molar-refractivity contribution is 5.61. The third kappa shape index (κ3) is 2.89. The van der Waals surface area contributed by atoms with Gasteiger partial charge in [-0.05, 0) is 18.9 Å². The molecule has 18 heavy (non-hydrogen) atoms. The highest BCUT2D eigenvalue weighted by Crippen LogP contribution is 2.27. The van der Waals surface area contributed by atoms with Crippen LogP contribution in [0.25, 0.3) is 0 Å². The molecule has 1 aromatic carbocycles. The molecule has 1 aliphatic rings. The molecule has 2 atom stereocenters. The number of anilines is 2. The van der Waals surface area contributed by atoms with E-state index in [1.165, 1.54) is 12.1 Å². The van der Waals surface area contributed by atoms with Gasteiger partial charge in [-0.3, -0.25) is 10.1 Å². The normalized spacial score (nSPS) is 22.9. The van der Waals surface area contributed by atoms with Crippen molar-refractivity contribution >= 4 is 17.1 Å². The van der Waals surface area contributed by atoms with Gasteiger partial charge >= 0.3 is 0 Å². The molecule has 0 heterocycles. The summed E-state index contributed by atoms with van der Waals surface area (Å²) < 4.78 is 0. The molecule has 98 valence electrons. The predicted octanol–water partition coefficient (Wildman–Crippen LogP) is 1.75. The third-order valence-corrected chi connectivity index (χ3v) is 3.34. The van der Waals surface area contributed by atoms with Crippen molar-refractivity contribution in [3.05, 3.63) is 28.3 Å². The average molecular weight is 251 g/mol. The molecule has 1 saturated carbocycles. The lowest BCUT2D eigenvalue weighted by Gasteiger charge is -2.16. The van der Waals surface area contributed by atoms with Gasteiger partial charge in [0.05, 0.1) is 11.0 Å². The number of aliphatic hydroxyl groups excluding tert-OH is 1. The number of nitro benzene ring substituents is 1. The number of non-ortho nitro benzene ring substituents is 1.